The molecular weight excluding hydrogens is 689 g/mol. The van der Waals surface area contributed by atoms with Crippen molar-refractivity contribution in [3.8, 4) is 5.75 Å². The molecule has 6 nitrogen and oxygen atoms in total. The van der Waals surface area contributed by atoms with Crippen LogP contribution in [0.5, 0.6) is 5.75 Å². The van der Waals surface area contributed by atoms with Crippen molar-refractivity contribution in [2.24, 2.45) is 0 Å². The quantitative estimate of drug-likeness (QED) is 0.187. The Bertz CT molecular complexity index is 1110. The molecule has 1 saturated heterocycles. The molecule has 0 radical (unpaired) electrons. The van der Waals surface area contributed by atoms with Crippen LogP contribution in [0.4, 0.5) is 4.79 Å². The minimum atomic E-state index is -0.698. The number of esters is 1. The van der Waals surface area contributed by atoms with Crippen LogP contribution in [-0.2, 0) is 20.9 Å². The van der Waals surface area contributed by atoms with Crippen LogP contribution in [-0.4, -0.2) is 34.2 Å². The highest BCUT2D eigenvalue weighted by Crippen LogP contribution is 2.38. The molecule has 0 spiro atoms. The molecule has 10 heteroatoms. The lowest BCUT2D eigenvalue weighted by molar-refractivity contribution is -0.156. The third kappa shape index (κ3) is 7.30. The number of rotatable bonds is 6. The predicted molar refractivity (Wildman–Crippen MR) is 144 cm³/mol. The maximum atomic E-state index is 12.7. The van der Waals surface area contributed by atoms with E-state index < -0.39 is 29.3 Å². The molecule has 0 saturated carbocycles. The van der Waals surface area contributed by atoms with Crippen molar-refractivity contribution in [1.82, 2.24) is 4.90 Å². The number of hydrogen-bond donors (Lipinski definition) is 0. The van der Waals surface area contributed by atoms with Gasteiger partial charge in [-0.3, -0.25) is 19.3 Å². The van der Waals surface area contributed by atoms with E-state index >= 15 is 0 Å². The van der Waals surface area contributed by atoms with E-state index in [1.54, 1.807) is 39.0 Å². The molecule has 0 bridgehead atoms. The van der Waals surface area contributed by atoms with Gasteiger partial charge in [-0.15, -0.1) is 0 Å². The van der Waals surface area contributed by atoms with Crippen molar-refractivity contribution in [2.45, 2.75) is 33.0 Å². The largest absolute Gasteiger partial charge is 0.487 e. The first-order valence-electron chi connectivity index (χ1n) is 9.76. The molecule has 0 unspecified atom stereocenters. The van der Waals surface area contributed by atoms with Gasteiger partial charge in [0.25, 0.3) is 11.1 Å². The lowest BCUT2D eigenvalue weighted by Crippen LogP contribution is -2.37. The number of carbonyl (C=O) groups excluding carboxylic acids is 3. The smallest absolute Gasteiger partial charge is 0.326 e. The van der Waals surface area contributed by atoms with Gasteiger partial charge < -0.3 is 9.47 Å². The van der Waals surface area contributed by atoms with Crippen molar-refractivity contribution in [1.29, 1.82) is 0 Å². The maximum Gasteiger partial charge on any atom is 0.326 e. The highest BCUT2D eigenvalue weighted by molar-refractivity contribution is 14.1. The van der Waals surface area contributed by atoms with Gasteiger partial charge in [-0.1, -0.05) is 12.1 Å². The molecule has 3 rings (SSSR count). The average Bonchev–Trinajstić information content (AvgIpc) is 2.94. The topological polar surface area (TPSA) is 72.9 Å². The Hall–Kier alpha value is -1.37. The van der Waals surface area contributed by atoms with Gasteiger partial charge in [0.15, 0.2) is 0 Å². The zero-order chi connectivity index (χ0) is 24.3. The normalized spacial score (nSPS) is 15.3. The Morgan fingerprint density at radius 2 is 1.73 bits per heavy atom. The summed E-state index contributed by atoms with van der Waals surface area (Å²) in [5.74, 6) is -0.531. The third-order valence-corrected chi connectivity index (χ3v) is 7.00. The molecule has 33 heavy (non-hydrogen) atoms. The summed E-state index contributed by atoms with van der Waals surface area (Å²) in [5, 5.41) is -0.507. The fourth-order valence-corrected chi connectivity index (χ4v) is 5.48. The molecule has 0 N–H and O–H groups in total. The maximum absolute atomic E-state index is 12.7. The Balaban J connectivity index is 1.72. The van der Waals surface area contributed by atoms with E-state index in [9.17, 15) is 14.4 Å². The third-order valence-electron chi connectivity index (χ3n) is 4.20. The zero-order valence-electron chi connectivity index (χ0n) is 18.0. The van der Waals surface area contributed by atoms with E-state index in [0.717, 1.165) is 25.8 Å². The number of halogens is 3. The summed E-state index contributed by atoms with van der Waals surface area (Å²) in [6.07, 6.45) is 1.61. The molecule has 2 aromatic rings. The van der Waals surface area contributed by atoms with Gasteiger partial charge in [0.05, 0.1) is 13.9 Å². The lowest BCUT2D eigenvalue weighted by atomic mass is 10.2. The summed E-state index contributed by atoms with van der Waals surface area (Å²) < 4.78 is 13.7. The van der Waals surface area contributed by atoms with Gasteiger partial charge in [-0.25, -0.2) is 0 Å². The predicted octanol–water partition coefficient (Wildman–Crippen LogP) is 6.77. The van der Waals surface area contributed by atoms with Crippen molar-refractivity contribution in [2.75, 3.05) is 6.54 Å². The minimum Gasteiger partial charge on any atom is -0.487 e. The van der Waals surface area contributed by atoms with Crippen LogP contribution in [0.25, 0.3) is 6.08 Å². The number of nitrogens with zero attached hydrogens (tertiary/aromatic N) is 1. The summed E-state index contributed by atoms with van der Waals surface area (Å²) in [6.45, 7) is 5.15. The number of ether oxygens (including phenoxy) is 2. The molecule has 2 aromatic carbocycles. The standard InChI is InChI=1S/C23H20Br2INO5S/c1-23(2,3)32-19(28)11-27-21(29)18(33-22(27)30)10-14-8-16(24)20(17(25)9-14)31-12-13-4-6-15(26)7-5-13/h4-10H,11-12H2,1-3H3. The highest BCUT2D eigenvalue weighted by Gasteiger charge is 2.37. The molecule has 2 amide bonds. The van der Waals surface area contributed by atoms with Crippen molar-refractivity contribution >= 4 is 89.4 Å². The minimum absolute atomic E-state index is 0.231. The van der Waals surface area contributed by atoms with Crippen LogP contribution >= 0.6 is 66.2 Å². The lowest BCUT2D eigenvalue weighted by Gasteiger charge is -2.21. The molecule has 0 aromatic heterocycles. The fraction of sp³-hybridized carbons (Fsp3) is 0.261. The van der Waals surface area contributed by atoms with Gasteiger partial charge in [-0.05, 0) is 128 Å². The molecule has 1 fully saturated rings. The summed E-state index contributed by atoms with van der Waals surface area (Å²) in [5.41, 5.74) is 1.03. The van der Waals surface area contributed by atoms with Crippen LogP contribution in [0.2, 0.25) is 0 Å². The number of carbonyl (C=O) groups is 3. The second-order valence-corrected chi connectivity index (χ2v) is 12.0. The van der Waals surface area contributed by atoms with Crippen molar-refractivity contribution < 1.29 is 23.9 Å². The highest BCUT2D eigenvalue weighted by atomic mass is 127. The van der Waals surface area contributed by atoms with Gasteiger partial charge >= 0.3 is 5.97 Å². The molecule has 0 aliphatic carbocycles. The molecule has 1 heterocycles. The van der Waals surface area contributed by atoms with E-state index in [4.69, 9.17) is 9.47 Å². The van der Waals surface area contributed by atoms with Crippen molar-refractivity contribution in [3.63, 3.8) is 0 Å². The summed E-state index contributed by atoms with van der Waals surface area (Å²) in [4.78, 5) is 38.2. The van der Waals surface area contributed by atoms with Crippen LogP contribution in [0.3, 0.4) is 0 Å². The monoisotopic (exact) mass is 707 g/mol. The molecule has 1 aliphatic rings. The van der Waals surface area contributed by atoms with E-state index in [0.29, 0.717) is 26.9 Å². The first-order valence-corrected chi connectivity index (χ1v) is 13.2. The second kappa shape index (κ2) is 10.9. The van der Waals surface area contributed by atoms with Gasteiger partial charge in [0, 0.05) is 3.57 Å². The molecule has 1 aliphatic heterocycles. The summed E-state index contributed by atoms with van der Waals surface area (Å²) >= 11 is 10.1. The number of imide groups is 1. The first-order chi connectivity index (χ1) is 15.4. The van der Waals surface area contributed by atoms with Crippen LogP contribution in [0.15, 0.2) is 50.2 Å². The Kier molecular flexibility index (Phi) is 8.68. The van der Waals surface area contributed by atoms with E-state index in [2.05, 4.69) is 54.5 Å². The van der Waals surface area contributed by atoms with Gasteiger partial charge in [0.2, 0.25) is 0 Å². The Labute approximate surface area is 226 Å². The van der Waals surface area contributed by atoms with E-state index in [-0.39, 0.29) is 4.91 Å². The molecule has 0 atom stereocenters. The number of benzene rings is 2. The summed E-state index contributed by atoms with van der Waals surface area (Å²) in [7, 11) is 0. The number of amides is 2. The van der Waals surface area contributed by atoms with Crippen LogP contribution < -0.4 is 4.74 Å². The van der Waals surface area contributed by atoms with Crippen LogP contribution in [0, 0.1) is 3.57 Å². The second-order valence-electron chi connectivity index (χ2n) is 8.08. The molecular formula is C23H20Br2INO5S. The number of thioether (sulfide) groups is 1. The van der Waals surface area contributed by atoms with E-state index in [1.165, 1.54) is 0 Å². The zero-order valence-corrected chi connectivity index (χ0v) is 24.1. The molecule has 174 valence electrons. The fourth-order valence-electron chi connectivity index (χ4n) is 2.83. The Morgan fingerprint density at radius 1 is 1.12 bits per heavy atom. The van der Waals surface area contributed by atoms with Gasteiger partial charge in [-0.2, -0.15) is 0 Å². The SMILES string of the molecule is CC(C)(C)OC(=O)CN1C(=O)SC(=Cc2cc(Br)c(OCc3ccc(I)cc3)c(Br)c2)C1=O. The first kappa shape index (κ1) is 26.2. The van der Waals surface area contributed by atoms with Crippen LogP contribution in [0.1, 0.15) is 31.9 Å². The average molecular weight is 709 g/mol. The summed E-state index contributed by atoms with van der Waals surface area (Å²) in [6, 6.07) is 11.6. The number of hydrogen-bond acceptors (Lipinski definition) is 6. The van der Waals surface area contributed by atoms with Gasteiger partial charge in [0.1, 0.15) is 24.5 Å². The van der Waals surface area contributed by atoms with Crippen molar-refractivity contribution in [3.05, 3.63) is 64.9 Å². The van der Waals surface area contributed by atoms with E-state index in [1.807, 2.05) is 24.3 Å². The Morgan fingerprint density at radius 3 is 2.30 bits per heavy atom.